The van der Waals surface area contributed by atoms with Gasteiger partial charge in [-0.25, -0.2) is 14.5 Å². The van der Waals surface area contributed by atoms with Gasteiger partial charge in [0.15, 0.2) is 6.29 Å². The summed E-state index contributed by atoms with van der Waals surface area (Å²) in [6.07, 6.45) is -0.00220. The van der Waals surface area contributed by atoms with E-state index in [1.165, 1.54) is 11.8 Å². The molecular weight excluding hydrogens is 470 g/mol. The maximum absolute atomic E-state index is 13.4. The van der Waals surface area contributed by atoms with Crippen LogP contribution in [0.25, 0.3) is 11.0 Å². The summed E-state index contributed by atoms with van der Waals surface area (Å²) in [5.41, 5.74) is 3.43. The summed E-state index contributed by atoms with van der Waals surface area (Å²) in [7, 11) is 0. The lowest BCUT2D eigenvalue weighted by atomic mass is 10.1. The standard InChI is InChI=1S/C25H28ClN5O4/c1-4-21-15(2)20-13-19(9-10-22(20)35-21)28-23-29-24(33)30(12-11-27-16(3)32)25(34)31(23)14-17-5-7-18(26)8-6-17/h5-10,13,23,28H,4,11-12,14H2,1-3H3,(H,27,32)(H,29,33). The van der Waals surface area contributed by atoms with E-state index in [1.54, 1.807) is 12.1 Å². The maximum Gasteiger partial charge on any atom is 0.331 e. The lowest BCUT2D eigenvalue weighted by molar-refractivity contribution is -0.119. The number of anilines is 1. The fraction of sp³-hybridized carbons (Fsp3) is 0.320. The third-order valence-corrected chi connectivity index (χ3v) is 6.18. The molecule has 10 heteroatoms. The molecule has 0 bridgehead atoms. The number of benzene rings is 2. The number of urea groups is 2. The van der Waals surface area contributed by atoms with Gasteiger partial charge in [0.1, 0.15) is 11.3 Å². The summed E-state index contributed by atoms with van der Waals surface area (Å²) in [4.78, 5) is 40.0. The van der Waals surface area contributed by atoms with Gasteiger partial charge in [0.05, 0.1) is 6.54 Å². The monoisotopic (exact) mass is 497 g/mol. The second kappa shape index (κ2) is 10.3. The van der Waals surface area contributed by atoms with Crippen molar-refractivity contribution in [3.63, 3.8) is 0 Å². The number of hydrogen-bond donors (Lipinski definition) is 3. The first-order chi connectivity index (χ1) is 16.8. The van der Waals surface area contributed by atoms with Crippen molar-refractivity contribution in [2.75, 3.05) is 18.4 Å². The predicted octanol–water partition coefficient (Wildman–Crippen LogP) is 4.44. The number of imide groups is 1. The zero-order chi connectivity index (χ0) is 25.1. The van der Waals surface area contributed by atoms with Crippen molar-refractivity contribution in [3.05, 3.63) is 64.4 Å². The molecule has 1 aliphatic heterocycles. The molecule has 5 amide bonds. The Bertz CT molecular complexity index is 1260. The molecule has 2 aromatic carbocycles. The summed E-state index contributed by atoms with van der Waals surface area (Å²) >= 11 is 6.02. The summed E-state index contributed by atoms with van der Waals surface area (Å²) in [6, 6.07) is 11.8. The molecule has 1 aromatic heterocycles. The first kappa shape index (κ1) is 24.4. The maximum atomic E-state index is 13.4. The Morgan fingerprint density at radius 1 is 1.17 bits per heavy atom. The molecule has 3 aromatic rings. The average Bonchev–Trinajstić information content (AvgIpc) is 3.14. The molecule has 0 aliphatic carbocycles. The third-order valence-electron chi connectivity index (χ3n) is 5.93. The number of halogens is 1. The third kappa shape index (κ3) is 5.35. The van der Waals surface area contributed by atoms with Crippen LogP contribution in [0.2, 0.25) is 5.02 Å². The van der Waals surface area contributed by atoms with Gasteiger partial charge in [-0.05, 0) is 48.4 Å². The summed E-state index contributed by atoms with van der Waals surface area (Å²) in [5, 5.41) is 10.3. The van der Waals surface area contributed by atoms with Crippen LogP contribution in [0.15, 0.2) is 46.9 Å². The summed E-state index contributed by atoms with van der Waals surface area (Å²) in [5.74, 6) is 0.695. The topological polar surface area (TPSA) is 107 Å². The number of hydrogen-bond acceptors (Lipinski definition) is 5. The van der Waals surface area contributed by atoms with Crippen LogP contribution in [-0.2, 0) is 17.8 Å². The van der Waals surface area contributed by atoms with Crippen LogP contribution in [0.1, 0.15) is 30.7 Å². The second-order valence-corrected chi connectivity index (χ2v) is 8.82. The lowest BCUT2D eigenvalue weighted by Crippen LogP contribution is -2.67. The molecule has 9 nitrogen and oxygen atoms in total. The fourth-order valence-electron chi connectivity index (χ4n) is 4.08. The van der Waals surface area contributed by atoms with Gasteiger partial charge < -0.3 is 15.1 Å². The first-order valence-electron chi connectivity index (χ1n) is 11.4. The van der Waals surface area contributed by atoms with Crippen LogP contribution in [0.5, 0.6) is 0 Å². The molecule has 1 saturated heterocycles. The number of aryl methyl sites for hydroxylation is 2. The van der Waals surface area contributed by atoms with Crippen molar-refractivity contribution in [1.29, 1.82) is 0 Å². The highest BCUT2D eigenvalue weighted by molar-refractivity contribution is 6.30. The van der Waals surface area contributed by atoms with Crippen molar-refractivity contribution in [2.45, 2.75) is 40.0 Å². The lowest BCUT2D eigenvalue weighted by Gasteiger charge is -2.41. The van der Waals surface area contributed by atoms with Crippen LogP contribution in [-0.4, -0.2) is 47.1 Å². The minimum absolute atomic E-state index is 0.0497. The fourth-order valence-corrected chi connectivity index (χ4v) is 4.21. The zero-order valence-corrected chi connectivity index (χ0v) is 20.6. The van der Waals surface area contributed by atoms with E-state index in [0.29, 0.717) is 5.02 Å². The Hall–Kier alpha value is -3.72. The van der Waals surface area contributed by atoms with Gasteiger partial charge >= 0.3 is 12.1 Å². The van der Waals surface area contributed by atoms with Gasteiger partial charge in [-0.1, -0.05) is 30.7 Å². The minimum atomic E-state index is -0.794. The molecule has 1 fully saturated rings. The van der Waals surface area contributed by atoms with Gasteiger partial charge in [0, 0.05) is 42.5 Å². The Labute approximate surface area is 208 Å². The number of carbonyl (C=O) groups is 3. The number of fused-ring (bicyclic) bond motifs is 1. The average molecular weight is 498 g/mol. The Kier molecular flexibility index (Phi) is 7.16. The van der Waals surface area contributed by atoms with E-state index in [4.69, 9.17) is 16.0 Å². The van der Waals surface area contributed by atoms with Crippen molar-refractivity contribution in [1.82, 2.24) is 20.4 Å². The molecule has 0 saturated carbocycles. The smallest absolute Gasteiger partial charge is 0.331 e. The SMILES string of the molecule is CCc1oc2ccc(NC3NC(=O)N(CCNC(C)=O)C(=O)N3Cc3ccc(Cl)cc3)cc2c1C. The first-order valence-corrected chi connectivity index (χ1v) is 11.8. The normalized spacial score (nSPS) is 15.9. The highest BCUT2D eigenvalue weighted by atomic mass is 35.5. The largest absolute Gasteiger partial charge is 0.461 e. The summed E-state index contributed by atoms with van der Waals surface area (Å²) < 4.78 is 5.90. The number of furan rings is 1. The van der Waals surface area contributed by atoms with Crippen LogP contribution in [0, 0.1) is 6.92 Å². The molecular formula is C25H28ClN5O4. The van der Waals surface area contributed by atoms with Crippen molar-refractivity contribution >= 4 is 46.2 Å². The molecule has 35 heavy (non-hydrogen) atoms. The van der Waals surface area contributed by atoms with Crippen LogP contribution < -0.4 is 16.0 Å². The van der Waals surface area contributed by atoms with Gasteiger partial charge in [-0.15, -0.1) is 0 Å². The van der Waals surface area contributed by atoms with E-state index in [-0.39, 0.29) is 25.5 Å². The summed E-state index contributed by atoms with van der Waals surface area (Å²) in [6.45, 7) is 5.88. The van der Waals surface area contributed by atoms with Gasteiger partial charge in [-0.3, -0.25) is 15.0 Å². The molecule has 184 valence electrons. The van der Waals surface area contributed by atoms with Gasteiger partial charge in [0.2, 0.25) is 5.91 Å². The van der Waals surface area contributed by atoms with E-state index >= 15 is 0 Å². The number of rotatable bonds is 8. The number of carbonyl (C=O) groups excluding carboxylic acids is 3. The van der Waals surface area contributed by atoms with Crippen molar-refractivity contribution in [3.8, 4) is 0 Å². The number of nitrogens with zero attached hydrogens (tertiary/aromatic N) is 2. The molecule has 0 spiro atoms. The second-order valence-electron chi connectivity index (χ2n) is 8.38. The van der Waals surface area contributed by atoms with E-state index < -0.39 is 18.4 Å². The molecule has 2 heterocycles. The van der Waals surface area contributed by atoms with Gasteiger partial charge in [-0.2, -0.15) is 0 Å². The molecule has 1 aliphatic rings. The van der Waals surface area contributed by atoms with Crippen molar-refractivity contribution < 1.29 is 18.8 Å². The highest BCUT2D eigenvalue weighted by Gasteiger charge is 2.38. The number of amides is 5. The van der Waals surface area contributed by atoms with Gasteiger partial charge in [0.25, 0.3) is 0 Å². The number of nitrogens with one attached hydrogen (secondary N) is 3. The van der Waals surface area contributed by atoms with E-state index in [2.05, 4.69) is 16.0 Å². The highest BCUT2D eigenvalue weighted by Crippen LogP contribution is 2.29. The molecule has 1 unspecified atom stereocenters. The molecule has 0 radical (unpaired) electrons. The van der Waals surface area contributed by atoms with Crippen LogP contribution in [0.3, 0.4) is 0 Å². The predicted molar refractivity (Wildman–Crippen MR) is 134 cm³/mol. The minimum Gasteiger partial charge on any atom is -0.461 e. The van der Waals surface area contributed by atoms with E-state index in [1.807, 2.05) is 44.2 Å². The van der Waals surface area contributed by atoms with Crippen LogP contribution in [0.4, 0.5) is 15.3 Å². The quantitative estimate of drug-likeness (QED) is 0.426. The Balaban J connectivity index is 1.60. The Morgan fingerprint density at radius 2 is 1.91 bits per heavy atom. The molecule has 4 rings (SSSR count). The van der Waals surface area contributed by atoms with Crippen molar-refractivity contribution in [2.24, 2.45) is 0 Å². The Morgan fingerprint density at radius 3 is 2.60 bits per heavy atom. The zero-order valence-electron chi connectivity index (χ0n) is 19.9. The van der Waals surface area contributed by atoms with E-state index in [9.17, 15) is 14.4 Å². The van der Waals surface area contributed by atoms with E-state index in [0.717, 1.165) is 44.9 Å². The molecule has 3 N–H and O–H groups in total. The van der Waals surface area contributed by atoms with Crippen LogP contribution >= 0.6 is 11.6 Å². The molecule has 1 atom stereocenters.